The lowest BCUT2D eigenvalue weighted by atomic mass is 10.3. The standard InChI is InChI=1S/C9H12BrN5O2/c10-6-5-12-8(11)13-7(6)14-1-3-15(4-2-14)9(16)17/h5H,1-4H2,(H,16,17)(H2,11,12,13). The Kier molecular flexibility index (Phi) is 3.32. The number of nitrogens with two attached hydrogens (primary N) is 1. The van der Waals surface area contributed by atoms with Crippen molar-refractivity contribution in [2.45, 2.75) is 0 Å². The summed E-state index contributed by atoms with van der Waals surface area (Å²) in [6.45, 7) is 2.13. The van der Waals surface area contributed by atoms with Crippen LogP contribution in [-0.2, 0) is 0 Å². The fourth-order valence-corrected chi connectivity index (χ4v) is 2.14. The highest BCUT2D eigenvalue weighted by Gasteiger charge is 2.22. The molecule has 17 heavy (non-hydrogen) atoms. The first-order valence-corrected chi connectivity index (χ1v) is 5.88. The van der Waals surface area contributed by atoms with Crippen molar-refractivity contribution in [3.8, 4) is 0 Å². The van der Waals surface area contributed by atoms with Crippen LogP contribution in [0.25, 0.3) is 0 Å². The van der Waals surface area contributed by atoms with Crippen LogP contribution in [-0.4, -0.2) is 52.2 Å². The fourth-order valence-electron chi connectivity index (χ4n) is 1.70. The number of amides is 1. The van der Waals surface area contributed by atoms with E-state index >= 15 is 0 Å². The maximum atomic E-state index is 10.8. The number of hydrogen-bond acceptors (Lipinski definition) is 5. The fraction of sp³-hybridized carbons (Fsp3) is 0.444. The highest BCUT2D eigenvalue weighted by atomic mass is 79.9. The maximum absolute atomic E-state index is 10.8. The van der Waals surface area contributed by atoms with Crippen LogP contribution >= 0.6 is 15.9 Å². The van der Waals surface area contributed by atoms with Crippen LogP contribution in [0, 0.1) is 0 Å². The lowest BCUT2D eigenvalue weighted by molar-refractivity contribution is 0.142. The Morgan fingerprint density at radius 2 is 2.06 bits per heavy atom. The van der Waals surface area contributed by atoms with Gasteiger partial charge in [0.2, 0.25) is 5.95 Å². The van der Waals surface area contributed by atoms with E-state index in [4.69, 9.17) is 10.8 Å². The molecule has 0 saturated carbocycles. The third-order valence-electron chi connectivity index (χ3n) is 2.59. The summed E-state index contributed by atoms with van der Waals surface area (Å²) >= 11 is 3.36. The zero-order chi connectivity index (χ0) is 12.4. The second-order valence-electron chi connectivity index (χ2n) is 3.66. The molecule has 0 aliphatic carbocycles. The Bertz CT molecular complexity index is 433. The molecule has 3 N–H and O–H groups in total. The van der Waals surface area contributed by atoms with Crippen LogP contribution in [0.5, 0.6) is 0 Å². The van der Waals surface area contributed by atoms with E-state index < -0.39 is 6.09 Å². The number of halogens is 1. The molecule has 1 fully saturated rings. The average Bonchev–Trinajstić information content (AvgIpc) is 2.32. The van der Waals surface area contributed by atoms with Gasteiger partial charge >= 0.3 is 6.09 Å². The summed E-state index contributed by atoms with van der Waals surface area (Å²) in [4.78, 5) is 22.2. The molecule has 7 nitrogen and oxygen atoms in total. The molecule has 0 radical (unpaired) electrons. The van der Waals surface area contributed by atoms with E-state index in [1.807, 2.05) is 4.90 Å². The number of nitrogen functional groups attached to an aromatic ring is 1. The molecule has 1 aliphatic heterocycles. The predicted octanol–water partition coefficient (Wildman–Crippen LogP) is 0.621. The summed E-state index contributed by atoms with van der Waals surface area (Å²) in [6, 6.07) is 0. The Morgan fingerprint density at radius 1 is 1.41 bits per heavy atom. The monoisotopic (exact) mass is 301 g/mol. The summed E-state index contributed by atoms with van der Waals surface area (Å²) in [5.74, 6) is 0.923. The summed E-state index contributed by atoms with van der Waals surface area (Å²) < 4.78 is 0.760. The van der Waals surface area contributed by atoms with E-state index in [0.717, 1.165) is 4.47 Å². The molecule has 2 rings (SSSR count). The molecular weight excluding hydrogens is 290 g/mol. The zero-order valence-corrected chi connectivity index (χ0v) is 10.6. The van der Waals surface area contributed by atoms with Crippen molar-refractivity contribution in [3.05, 3.63) is 10.7 Å². The SMILES string of the molecule is Nc1ncc(Br)c(N2CCN(C(=O)O)CC2)n1. The summed E-state index contributed by atoms with van der Waals surface area (Å²) in [7, 11) is 0. The minimum absolute atomic E-state index is 0.212. The number of rotatable bonds is 1. The van der Waals surface area contributed by atoms with Crippen molar-refractivity contribution in [2.75, 3.05) is 36.8 Å². The van der Waals surface area contributed by atoms with Gasteiger partial charge in [0, 0.05) is 32.4 Å². The first-order chi connectivity index (χ1) is 8.08. The molecule has 0 spiro atoms. The second kappa shape index (κ2) is 4.74. The van der Waals surface area contributed by atoms with Gasteiger partial charge in [0.25, 0.3) is 0 Å². The van der Waals surface area contributed by atoms with E-state index in [1.165, 1.54) is 4.90 Å². The zero-order valence-electron chi connectivity index (χ0n) is 9.01. The van der Waals surface area contributed by atoms with Gasteiger partial charge in [-0.1, -0.05) is 0 Å². The molecule has 1 aromatic rings. The third kappa shape index (κ3) is 2.57. The van der Waals surface area contributed by atoms with Gasteiger partial charge in [0.1, 0.15) is 5.82 Å². The molecule has 92 valence electrons. The van der Waals surface area contributed by atoms with Crippen molar-refractivity contribution in [1.29, 1.82) is 0 Å². The van der Waals surface area contributed by atoms with Gasteiger partial charge in [-0.05, 0) is 15.9 Å². The molecule has 1 aliphatic rings. The molecule has 8 heteroatoms. The van der Waals surface area contributed by atoms with Crippen molar-refractivity contribution in [2.24, 2.45) is 0 Å². The predicted molar refractivity (Wildman–Crippen MR) is 66.0 cm³/mol. The second-order valence-corrected chi connectivity index (χ2v) is 4.51. The first-order valence-electron chi connectivity index (χ1n) is 5.09. The van der Waals surface area contributed by atoms with Gasteiger partial charge in [-0.2, -0.15) is 4.98 Å². The molecule has 0 bridgehead atoms. The highest BCUT2D eigenvalue weighted by Crippen LogP contribution is 2.24. The summed E-state index contributed by atoms with van der Waals surface area (Å²) in [5, 5.41) is 8.85. The minimum atomic E-state index is -0.883. The number of nitrogens with zero attached hydrogens (tertiary/aromatic N) is 4. The highest BCUT2D eigenvalue weighted by molar-refractivity contribution is 9.10. The van der Waals surface area contributed by atoms with Crippen molar-refractivity contribution >= 4 is 33.8 Å². The number of carbonyl (C=O) groups is 1. The Labute approximate surface area is 106 Å². The first kappa shape index (κ1) is 11.9. The van der Waals surface area contributed by atoms with Crippen molar-refractivity contribution in [3.63, 3.8) is 0 Å². The third-order valence-corrected chi connectivity index (χ3v) is 3.15. The molecule has 0 unspecified atom stereocenters. The molecule has 0 aromatic carbocycles. The molecule has 0 atom stereocenters. The molecule has 2 heterocycles. The Hall–Kier alpha value is -1.57. The molecule has 1 saturated heterocycles. The smallest absolute Gasteiger partial charge is 0.407 e. The van der Waals surface area contributed by atoms with E-state index in [0.29, 0.717) is 32.0 Å². The average molecular weight is 302 g/mol. The molecule has 1 amide bonds. The van der Waals surface area contributed by atoms with E-state index in [-0.39, 0.29) is 5.95 Å². The lowest BCUT2D eigenvalue weighted by Gasteiger charge is -2.34. The molecular formula is C9H12BrN5O2. The number of carboxylic acid groups (broad SMARTS) is 1. The topological polar surface area (TPSA) is 95.6 Å². The number of anilines is 2. The number of piperazine rings is 1. The maximum Gasteiger partial charge on any atom is 0.407 e. The van der Waals surface area contributed by atoms with Gasteiger partial charge in [0.15, 0.2) is 0 Å². The van der Waals surface area contributed by atoms with Gasteiger partial charge in [-0.25, -0.2) is 9.78 Å². The summed E-state index contributed by atoms with van der Waals surface area (Å²) in [6.07, 6.45) is 0.715. The number of aromatic nitrogens is 2. The Morgan fingerprint density at radius 3 is 2.65 bits per heavy atom. The van der Waals surface area contributed by atoms with Crippen LogP contribution < -0.4 is 10.6 Å². The van der Waals surface area contributed by atoms with Gasteiger partial charge in [-0.15, -0.1) is 0 Å². The lowest BCUT2D eigenvalue weighted by Crippen LogP contribution is -2.48. The van der Waals surface area contributed by atoms with E-state index in [9.17, 15) is 4.79 Å². The number of hydrogen-bond donors (Lipinski definition) is 2. The quantitative estimate of drug-likeness (QED) is 0.789. The van der Waals surface area contributed by atoms with Gasteiger partial charge < -0.3 is 20.6 Å². The van der Waals surface area contributed by atoms with Crippen LogP contribution in [0.3, 0.4) is 0 Å². The normalized spacial score (nSPS) is 16.1. The van der Waals surface area contributed by atoms with Gasteiger partial charge in [0.05, 0.1) is 4.47 Å². The van der Waals surface area contributed by atoms with Crippen LogP contribution in [0.1, 0.15) is 0 Å². The van der Waals surface area contributed by atoms with Crippen LogP contribution in [0.4, 0.5) is 16.6 Å². The van der Waals surface area contributed by atoms with Crippen molar-refractivity contribution < 1.29 is 9.90 Å². The van der Waals surface area contributed by atoms with E-state index in [1.54, 1.807) is 6.20 Å². The largest absolute Gasteiger partial charge is 0.465 e. The summed E-state index contributed by atoms with van der Waals surface area (Å²) in [5.41, 5.74) is 5.54. The van der Waals surface area contributed by atoms with Crippen molar-refractivity contribution in [1.82, 2.24) is 14.9 Å². The van der Waals surface area contributed by atoms with Gasteiger partial charge in [-0.3, -0.25) is 0 Å². The minimum Gasteiger partial charge on any atom is -0.465 e. The van der Waals surface area contributed by atoms with Crippen LogP contribution in [0.15, 0.2) is 10.7 Å². The van der Waals surface area contributed by atoms with E-state index in [2.05, 4.69) is 25.9 Å². The van der Waals surface area contributed by atoms with Crippen LogP contribution in [0.2, 0.25) is 0 Å². The molecule has 1 aromatic heterocycles. The Balaban J connectivity index is 2.10.